The number of nitrogens with zero attached hydrogens (tertiary/aromatic N) is 3. The van der Waals surface area contributed by atoms with Gasteiger partial charge in [0, 0.05) is 28.4 Å². The number of phenols is 1. The van der Waals surface area contributed by atoms with Gasteiger partial charge in [0.2, 0.25) is 11.6 Å². The van der Waals surface area contributed by atoms with Gasteiger partial charge in [0.15, 0.2) is 5.58 Å². The van der Waals surface area contributed by atoms with E-state index < -0.39 is 16.4 Å². The molecule has 0 amide bonds. The van der Waals surface area contributed by atoms with Gasteiger partial charge in [0.25, 0.3) is 0 Å². The van der Waals surface area contributed by atoms with Gasteiger partial charge in [-0.1, -0.05) is 34.8 Å². The SMILES string of the molecule is O=[N+]([O-])c1cc(Cl)cc(C=Nc2ccc3oc(-c4ccc(Cl)c(Cl)c4)nc3c2)c1O. The van der Waals surface area contributed by atoms with Crippen molar-refractivity contribution < 1.29 is 14.4 Å². The summed E-state index contributed by atoms with van der Waals surface area (Å²) >= 11 is 17.9. The van der Waals surface area contributed by atoms with E-state index in [2.05, 4.69) is 9.98 Å². The molecule has 0 atom stereocenters. The molecule has 0 radical (unpaired) electrons. The first-order valence-electron chi connectivity index (χ1n) is 8.39. The highest BCUT2D eigenvalue weighted by molar-refractivity contribution is 6.42. The van der Waals surface area contributed by atoms with Crippen LogP contribution in [0.4, 0.5) is 11.4 Å². The van der Waals surface area contributed by atoms with Crippen LogP contribution in [0.5, 0.6) is 5.75 Å². The van der Waals surface area contributed by atoms with E-state index in [1.165, 1.54) is 12.3 Å². The number of phenolic OH excluding ortho intramolecular Hbond substituents is 1. The molecular weight excluding hydrogens is 453 g/mol. The minimum Gasteiger partial charge on any atom is -0.502 e. The Morgan fingerprint density at radius 1 is 1.07 bits per heavy atom. The quantitative estimate of drug-likeness (QED) is 0.204. The number of halogens is 3. The maximum Gasteiger partial charge on any atom is 0.312 e. The van der Waals surface area contributed by atoms with Gasteiger partial charge in [-0.25, -0.2) is 4.98 Å². The maximum absolute atomic E-state index is 11.0. The fourth-order valence-electron chi connectivity index (χ4n) is 2.74. The lowest BCUT2D eigenvalue weighted by Crippen LogP contribution is -1.92. The van der Waals surface area contributed by atoms with Crippen molar-refractivity contribution in [3.63, 3.8) is 0 Å². The summed E-state index contributed by atoms with van der Waals surface area (Å²) in [4.78, 5) is 19.0. The smallest absolute Gasteiger partial charge is 0.312 e. The number of hydrogen-bond donors (Lipinski definition) is 1. The molecule has 10 heteroatoms. The van der Waals surface area contributed by atoms with Crippen molar-refractivity contribution in [2.75, 3.05) is 0 Å². The molecule has 1 heterocycles. The zero-order chi connectivity index (χ0) is 21.4. The van der Waals surface area contributed by atoms with Gasteiger partial charge < -0.3 is 9.52 Å². The first kappa shape index (κ1) is 20.2. The number of rotatable bonds is 4. The van der Waals surface area contributed by atoms with Gasteiger partial charge in [-0.2, -0.15) is 0 Å². The summed E-state index contributed by atoms with van der Waals surface area (Å²) in [6.07, 6.45) is 1.29. The van der Waals surface area contributed by atoms with Gasteiger partial charge in [0.05, 0.1) is 20.7 Å². The second-order valence-electron chi connectivity index (χ2n) is 6.18. The van der Waals surface area contributed by atoms with E-state index in [1.807, 2.05) is 0 Å². The van der Waals surface area contributed by atoms with Gasteiger partial charge in [0.1, 0.15) is 5.52 Å². The molecule has 7 nitrogen and oxygen atoms in total. The van der Waals surface area contributed by atoms with Crippen LogP contribution in [0, 0.1) is 10.1 Å². The fourth-order valence-corrected chi connectivity index (χ4v) is 3.25. The Labute approximate surface area is 184 Å². The molecule has 0 aliphatic rings. The molecule has 0 fully saturated rings. The Balaban J connectivity index is 1.68. The molecule has 0 saturated heterocycles. The van der Waals surface area contributed by atoms with E-state index >= 15 is 0 Å². The number of oxazole rings is 1. The van der Waals surface area contributed by atoms with Crippen molar-refractivity contribution in [1.29, 1.82) is 0 Å². The zero-order valence-corrected chi connectivity index (χ0v) is 17.1. The monoisotopic (exact) mass is 461 g/mol. The number of nitro groups is 1. The van der Waals surface area contributed by atoms with Gasteiger partial charge in [-0.3, -0.25) is 15.1 Å². The summed E-state index contributed by atoms with van der Waals surface area (Å²) in [5.74, 6) is -0.148. The predicted octanol–water partition coefficient (Wildman–Crippen LogP) is 6.82. The summed E-state index contributed by atoms with van der Waals surface area (Å²) in [7, 11) is 0. The number of aromatic nitrogens is 1. The van der Waals surface area contributed by atoms with Crippen molar-refractivity contribution in [3.05, 3.63) is 79.3 Å². The van der Waals surface area contributed by atoms with Crippen LogP contribution in [0.1, 0.15) is 5.56 Å². The molecule has 4 aromatic rings. The van der Waals surface area contributed by atoms with Crippen molar-refractivity contribution >= 4 is 63.5 Å². The lowest BCUT2D eigenvalue weighted by molar-refractivity contribution is -0.385. The lowest BCUT2D eigenvalue weighted by Gasteiger charge is -2.01. The van der Waals surface area contributed by atoms with Crippen LogP contribution in [0.25, 0.3) is 22.6 Å². The summed E-state index contributed by atoms with van der Waals surface area (Å²) in [5, 5.41) is 22.0. The van der Waals surface area contributed by atoms with E-state index in [1.54, 1.807) is 36.4 Å². The lowest BCUT2D eigenvalue weighted by atomic mass is 10.2. The highest BCUT2D eigenvalue weighted by Crippen LogP contribution is 2.33. The molecule has 0 aliphatic carbocycles. The van der Waals surface area contributed by atoms with Crippen LogP contribution in [0.15, 0.2) is 57.9 Å². The maximum atomic E-state index is 11.0. The molecule has 30 heavy (non-hydrogen) atoms. The van der Waals surface area contributed by atoms with E-state index in [-0.39, 0.29) is 10.6 Å². The van der Waals surface area contributed by atoms with Crippen molar-refractivity contribution in [3.8, 4) is 17.2 Å². The highest BCUT2D eigenvalue weighted by atomic mass is 35.5. The highest BCUT2D eigenvalue weighted by Gasteiger charge is 2.18. The van der Waals surface area contributed by atoms with Crippen LogP contribution in [0.3, 0.4) is 0 Å². The third-order valence-corrected chi connectivity index (χ3v) is 5.13. The summed E-state index contributed by atoms with van der Waals surface area (Å²) in [5.41, 5.74) is 1.87. The number of nitro benzene ring substituents is 1. The topological polar surface area (TPSA) is 102 Å². The molecule has 1 N–H and O–H groups in total. The van der Waals surface area contributed by atoms with Crippen LogP contribution in [-0.4, -0.2) is 21.2 Å². The molecule has 0 bridgehead atoms. The zero-order valence-electron chi connectivity index (χ0n) is 14.8. The Morgan fingerprint density at radius 2 is 1.87 bits per heavy atom. The van der Waals surface area contributed by atoms with Crippen molar-refractivity contribution in [2.45, 2.75) is 0 Å². The minimum absolute atomic E-state index is 0.110. The van der Waals surface area contributed by atoms with E-state index in [9.17, 15) is 15.2 Å². The first-order chi connectivity index (χ1) is 14.3. The van der Waals surface area contributed by atoms with E-state index in [0.29, 0.717) is 38.3 Å². The number of hydrogen-bond acceptors (Lipinski definition) is 6. The molecule has 150 valence electrons. The number of benzene rings is 3. The molecule has 4 rings (SSSR count). The van der Waals surface area contributed by atoms with Crippen LogP contribution >= 0.6 is 34.8 Å². The van der Waals surface area contributed by atoms with Crippen LogP contribution in [0.2, 0.25) is 15.1 Å². The molecular formula is C20H10Cl3N3O4. The van der Waals surface area contributed by atoms with E-state index in [0.717, 1.165) is 6.07 Å². The summed E-state index contributed by atoms with van der Waals surface area (Å²) in [6, 6.07) is 12.5. The second kappa shape index (κ2) is 7.95. The Hall–Kier alpha value is -3.13. The van der Waals surface area contributed by atoms with Gasteiger partial charge in [-0.15, -0.1) is 0 Å². The third-order valence-electron chi connectivity index (χ3n) is 4.17. The molecule has 0 saturated carbocycles. The standard InChI is InChI=1S/C20H10Cl3N3O4/c21-12-5-11(19(27)17(7-12)26(28)29)9-24-13-2-4-18-16(8-13)25-20(30-18)10-1-3-14(22)15(23)6-10/h1-9,27H. The van der Waals surface area contributed by atoms with Crippen LogP contribution in [-0.2, 0) is 0 Å². The largest absolute Gasteiger partial charge is 0.502 e. The third kappa shape index (κ3) is 3.95. The minimum atomic E-state index is -0.718. The average Bonchev–Trinajstić information content (AvgIpc) is 3.13. The Bertz CT molecular complexity index is 1330. The second-order valence-corrected chi connectivity index (χ2v) is 7.43. The number of fused-ring (bicyclic) bond motifs is 1. The fraction of sp³-hybridized carbons (Fsp3) is 0. The summed E-state index contributed by atoms with van der Waals surface area (Å²) < 4.78 is 5.75. The predicted molar refractivity (Wildman–Crippen MR) is 116 cm³/mol. The summed E-state index contributed by atoms with van der Waals surface area (Å²) in [6.45, 7) is 0. The molecule has 1 aromatic heterocycles. The van der Waals surface area contributed by atoms with Crippen molar-refractivity contribution in [1.82, 2.24) is 4.98 Å². The number of aliphatic imine (C=N–C) groups is 1. The number of aromatic hydroxyl groups is 1. The Morgan fingerprint density at radius 3 is 2.60 bits per heavy atom. The first-order valence-corrected chi connectivity index (χ1v) is 9.52. The molecule has 0 unspecified atom stereocenters. The van der Waals surface area contributed by atoms with Gasteiger partial charge >= 0.3 is 5.69 Å². The van der Waals surface area contributed by atoms with E-state index in [4.69, 9.17) is 39.2 Å². The van der Waals surface area contributed by atoms with Crippen molar-refractivity contribution in [2.24, 2.45) is 4.99 Å². The molecule has 0 spiro atoms. The Kier molecular flexibility index (Phi) is 5.34. The van der Waals surface area contributed by atoms with Crippen LogP contribution < -0.4 is 0 Å². The van der Waals surface area contributed by atoms with Gasteiger partial charge in [-0.05, 0) is 42.5 Å². The molecule has 0 aliphatic heterocycles. The average molecular weight is 463 g/mol. The molecule has 3 aromatic carbocycles. The normalized spacial score (nSPS) is 11.4.